The zero-order valence-electron chi connectivity index (χ0n) is 15.6. The SMILES string of the molecule is CNS(=O)(=O)c1cc(C(=O)NNC(=O)c2ccc3ccccc3n2)ccc1OC. The Morgan fingerprint density at radius 3 is 2.41 bits per heavy atom. The summed E-state index contributed by atoms with van der Waals surface area (Å²) >= 11 is 0. The van der Waals surface area contributed by atoms with Gasteiger partial charge in [-0.1, -0.05) is 24.3 Å². The van der Waals surface area contributed by atoms with Crippen LogP contribution in [0.25, 0.3) is 10.9 Å². The molecule has 1 aromatic heterocycles. The molecule has 0 saturated heterocycles. The lowest BCUT2D eigenvalue weighted by Crippen LogP contribution is -2.42. The van der Waals surface area contributed by atoms with Crippen molar-refractivity contribution in [3.63, 3.8) is 0 Å². The number of hydrogen-bond donors (Lipinski definition) is 3. The molecule has 1 heterocycles. The van der Waals surface area contributed by atoms with Gasteiger partial charge in [-0.2, -0.15) is 0 Å². The molecule has 0 aliphatic heterocycles. The number of carbonyl (C=O) groups excluding carboxylic acids is 2. The minimum atomic E-state index is -3.84. The highest BCUT2D eigenvalue weighted by Gasteiger charge is 2.20. The van der Waals surface area contributed by atoms with Crippen LogP contribution in [0.3, 0.4) is 0 Å². The van der Waals surface area contributed by atoms with E-state index >= 15 is 0 Å². The van der Waals surface area contributed by atoms with Crippen LogP contribution in [0.5, 0.6) is 5.75 Å². The molecule has 0 bridgehead atoms. The molecule has 0 aliphatic rings. The first-order valence-electron chi connectivity index (χ1n) is 8.44. The van der Waals surface area contributed by atoms with Crippen LogP contribution in [-0.2, 0) is 10.0 Å². The van der Waals surface area contributed by atoms with E-state index in [4.69, 9.17) is 4.74 Å². The number of pyridine rings is 1. The number of rotatable bonds is 5. The smallest absolute Gasteiger partial charge is 0.288 e. The van der Waals surface area contributed by atoms with Gasteiger partial charge in [0.15, 0.2) is 0 Å². The Kier molecular flexibility index (Phi) is 5.76. The fourth-order valence-electron chi connectivity index (χ4n) is 2.58. The van der Waals surface area contributed by atoms with Gasteiger partial charge in [-0.05, 0) is 37.4 Å². The van der Waals surface area contributed by atoms with Gasteiger partial charge in [-0.25, -0.2) is 18.1 Å². The molecule has 29 heavy (non-hydrogen) atoms. The Bertz CT molecular complexity index is 1190. The second kappa shape index (κ2) is 8.25. The summed E-state index contributed by atoms with van der Waals surface area (Å²) in [5.41, 5.74) is 5.29. The van der Waals surface area contributed by atoms with E-state index in [1.165, 1.54) is 32.4 Å². The van der Waals surface area contributed by atoms with E-state index in [0.717, 1.165) is 11.5 Å². The van der Waals surface area contributed by atoms with Crippen LogP contribution in [0.1, 0.15) is 20.8 Å². The minimum Gasteiger partial charge on any atom is -0.495 e. The van der Waals surface area contributed by atoms with Crippen molar-refractivity contribution < 1.29 is 22.7 Å². The van der Waals surface area contributed by atoms with Gasteiger partial charge < -0.3 is 4.74 Å². The van der Waals surface area contributed by atoms with Crippen molar-refractivity contribution in [2.24, 2.45) is 0 Å². The maximum absolute atomic E-state index is 12.4. The molecule has 10 heteroatoms. The van der Waals surface area contributed by atoms with E-state index in [1.54, 1.807) is 18.2 Å². The Morgan fingerprint density at radius 2 is 1.69 bits per heavy atom. The molecule has 2 aromatic carbocycles. The summed E-state index contributed by atoms with van der Waals surface area (Å²) in [4.78, 5) is 28.7. The summed E-state index contributed by atoms with van der Waals surface area (Å²) in [7, 11) is -1.28. The Balaban J connectivity index is 1.76. The van der Waals surface area contributed by atoms with Crippen LogP contribution < -0.4 is 20.3 Å². The number of ether oxygens (including phenoxy) is 1. The zero-order chi connectivity index (χ0) is 21.0. The highest BCUT2D eigenvalue weighted by atomic mass is 32.2. The van der Waals surface area contributed by atoms with Gasteiger partial charge in [0.2, 0.25) is 10.0 Å². The fraction of sp³-hybridized carbons (Fsp3) is 0.105. The fourth-order valence-corrected chi connectivity index (χ4v) is 3.50. The average Bonchev–Trinajstić information content (AvgIpc) is 2.76. The molecule has 0 atom stereocenters. The van der Waals surface area contributed by atoms with Crippen molar-refractivity contribution in [2.45, 2.75) is 4.90 Å². The van der Waals surface area contributed by atoms with E-state index < -0.39 is 21.8 Å². The van der Waals surface area contributed by atoms with Crippen LogP contribution in [0.4, 0.5) is 0 Å². The summed E-state index contributed by atoms with van der Waals surface area (Å²) in [5, 5.41) is 0.879. The normalized spacial score (nSPS) is 11.1. The molecule has 3 aromatic rings. The number of para-hydroxylation sites is 1. The summed E-state index contributed by atoms with van der Waals surface area (Å²) in [6, 6.07) is 14.5. The summed E-state index contributed by atoms with van der Waals surface area (Å²) in [6.45, 7) is 0. The molecule has 3 rings (SSSR count). The molecule has 0 unspecified atom stereocenters. The lowest BCUT2D eigenvalue weighted by Gasteiger charge is -2.11. The summed E-state index contributed by atoms with van der Waals surface area (Å²) in [5.74, 6) is -1.23. The van der Waals surface area contributed by atoms with Crippen molar-refractivity contribution in [1.29, 1.82) is 0 Å². The highest BCUT2D eigenvalue weighted by molar-refractivity contribution is 7.89. The van der Waals surface area contributed by atoms with Crippen LogP contribution in [0, 0.1) is 0 Å². The van der Waals surface area contributed by atoms with Gasteiger partial charge in [0.05, 0.1) is 12.6 Å². The van der Waals surface area contributed by atoms with Crippen LogP contribution >= 0.6 is 0 Å². The van der Waals surface area contributed by atoms with Gasteiger partial charge in [0, 0.05) is 10.9 Å². The number of benzene rings is 2. The molecule has 0 fully saturated rings. The number of hydrazine groups is 1. The van der Waals surface area contributed by atoms with Crippen molar-refractivity contribution in [3.05, 3.63) is 65.9 Å². The third kappa shape index (κ3) is 4.33. The second-order valence-corrected chi connectivity index (χ2v) is 7.73. The van der Waals surface area contributed by atoms with Gasteiger partial charge >= 0.3 is 0 Å². The highest BCUT2D eigenvalue weighted by Crippen LogP contribution is 2.24. The van der Waals surface area contributed by atoms with Crippen LogP contribution in [0.15, 0.2) is 59.5 Å². The topological polar surface area (TPSA) is 126 Å². The van der Waals surface area contributed by atoms with Crippen molar-refractivity contribution in [3.8, 4) is 5.75 Å². The summed E-state index contributed by atoms with van der Waals surface area (Å²) in [6.07, 6.45) is 0. The molecule has 150 valence electrons. The Hall–Kier alpha value is -3.50. The van der Waals surface area contributed by atoms with E-state index in [2.05, 4.69) is 20.6 Å². The number of amides is 2. The largest absolute Gasteiger partial charge is 0.495 e. The first-order valence-corrected chi connectivity index (χ1v) is 9.92. The number of aromatic nitrogens is 1. The zero-order valence-corrected chi connectivity index (χ0v) is 16.4. The first kappa shape index (κ1) is 20.2. The van der Waals surface area contributed by atoms with E-state index in [9.17, 15) is 18.0 Å². The molecule has 2 amide bonds. The van der Waals surface area contributed by atoms with Crippen LogP contribution in [-0.4, -0.2) is 39.4 Å². The van der Waals surface area contributed by atoms with Gasteiger partial charge in [-0.15, -0.1) is 0 Å². The lowest BCUT2D eigenvalue weighted by molar-refractivity contribution is 0.0844. The minimum absolute atomic E-state index is 0.0198. The number of fused-ring (bicyclic) bond motifs is 1. The van der Waals surface area contributed by atoms with E-state index in [-0.39, 0.29) is 21.9 Å². The number of nitrogens with zero attached hydrogens (tertiary/aromatic N) is 1. The van der Waals surface area contributed by atoms with E-state index in [0.29, 0.717) is 5.52 Å². The molecular formula is C19H18N4O5S. The van der Waals surface area contributed by atoms with Crippen LogP contribution in [0.2, 0.25) is 0 Å². The quantitative estimate of drug-likeness (QED) is 0.539. The Morgan fingerprint density at radius 1 is 0.966 bits per heavy atom. The first-order chi connectivity index (χ1) is 13.9. The Labute approximate surface area is 167 Å². The number of nitrogens with one attached hydrogen (secondary N) is 3. The third-order valence-electron chi connectivity index (χ3n) is 4.10. The molecule has 0 saturated carbocycles. The maximum Gasteiger partial charge on any atom is 0.288 e. The van der Waals surface area contributed by atoms with Gasteiger partial charge in [0.1, 0.15) is 16.3 Å². The van der Waals surface area contributed by atoms with Gasteiger partial charge in [-0.3, -0.25) is 20.4 Å². The van der Waals surface area contributed by atoms with Crippen molar-refractivity contribution >= 4 is 32.7 Å². The predicted molar refractivity (Wildman–Crippen MR) is 106 cm³/mol. The summed E-state index contributed by atoms with van der Waals surface area (Å²) < 4.78 is 31.4. The van der Waals surface area contributed by atoms with Crippen molar-refractivity contribution in [2.75, 3.05) is 14.2 Å². The maximum atomic E-state index is 12.4. The standard InChI is InChI=1S/C19H18N4O5S/c1-20-29(26,27)17-11-13(8-10-16(17)28-2)18(24)22-23-19(25)15-9-7-12-5-3-4-6-14(12)21-15/h3-11,20H,1-2H3,(H,22,24)(H,23,25). The number of hydrogen-bond acceptors (Lipinski definition) is 6. The second-order valence-electron chi connectivity index (χ2n) is 5.87. The predicted octanol–water partition coefficient (Wildman–Crippen LogP) is 1.23. The number of sulfonamides is 1. The van der Waals surface area contributed by atoms with Crippen molar-refractivity contribution in [1.82, 2.24) is 20.6 Å². The monoisotopic (exact) mass is 414 g/mol. The molecule has 0 spiro atoms. The number of methoxy groups -OCH3 is 1. The molecule has 9 nitrogen and oxygen atoms in total. The number of carbonyl (C=O) groups is 2. The van der Waals surface area contributed by atoms with Gasteiger partial charge in [0.25, 0.3) is 11.8 Å². The molecule has 0 radical (unpaired) electrons. The third-order valence-corrected chi connectivity index (χ3v) is 5.54. The van der Waals surface area contributed by atoms with E-state index in [1.807, 2.05) is 12.1 Å². The molecule has 3 N–H and O–H groups in total. The molecule has 0 aliphatic carbocycles. The average molecular weight is 414 g/mol. The molecular weight excluding hydrogens is 396 g/mol. The lowest BCUT2D eigenvalue weighted by atomic mass is 10.2.